The van der Waals surface area contributed by atoms with Crippen LogP contribution in [0.1, 0.15) is 32.1 Å². The van der Waals surface area contributed by atoms with Crippen molar-refractivity contribution in [3.8, 4) is 11.3 Å². The third kappa shape index (κ3) is 5.41. The number of carbonyl (C=O) groups excluding carboxylic acids is 1. The fourth-order valence-electron chi connectivity index (χ4n) is 4.96. The van der Waals surface area contributed by atoms with Gasteiger partial charge in [0.25, 0.3) is 0 Å². The van der Waals surface area contributed by atoms with E-state index in [1.54, 1.807) is 18.6 Å². The molecule has 0 radical (unpaired) electrons. The van der Waals surface area contributed by atoms with Crippen molar-refractivity contribution < 1.29 is 13.2 Å². The summed E-state index contributed by atoms with van der Waals surface area (Å²) in [6, 6.07) is 1.76. The average Bonchev–Trinajstić information content (AvgIpc) is 3.32. The maximum absolute atomic E-state index is 12.1. The molecule has 0 spiro atoms. The average molecular weight is 514 g/mol. The number of nitrogens with zero attached hydrogens (tertiary/aromatic N) is 6. The molecule has 0 saturated carbocycles. The first kappa shape index (κ1) is 24.4. The van der Waals surface area contributed by atoms with E-state index in [0.29, 0.717) is 48.2 Å². The summed E-state index contributed by atoms with van der Waals surface area (Å²) in [6.45, 7) is 2.36. The summed E-state index contributed by atoms with van der Waals surface area (Å²) in [6.07, 6.45) is 10.1. The highest BCUT2D eigenvalue weighted by Crippen LogP contribution is 2.30. The molecule has 2 aliphatic heterocycles. The van der Waals surface area contributed by atoms with Gasteiger partial charge in [-0.2, -0.15) is 4.98 Å². The van der Waals surface area contributed by atoms with Gasteiger partial charge in [0, 0.05) is 51.0 Å². The van der Waals surface area contributed by atoms with Crippen molar-refractivity contribution in [2.24, 2.45) is 11.7 Å². The number of carbonyl (C=O) groups is 1. The van der Waals surface area contributed by atoms with E-state index in [1.165, 1.54) is 10.6 Å². The number of sulfonamides is 1. The van der Waals surface area contributed by atoms with Crippen molar-refractivity contribution in [2.45, 2.75) is 38.1 Å². The summed E-state index contributed by atoms with van der Waals surface area (Å²) in [5, 5.41) is 3.49. The molecule has 36 heavy (non-hydrogen) atoms. The van der Waals surface area contributed by atoms with Crippen LogP contribution in [0.25, 0.3) is 22.4 Å². The third-order valence-corrected chi connectivity index (χ3v) is 8.16. The van der Waals surface area contributed by atoms with Crippen LogP contribution in [-0.4, -0.2) is 82.0 Å². The van der Waals surface area contributed by atoms with Gasteiger partial charge < -0.3 is 20.9 Å². The molecule has 192 valence electrons. The van der Waals surface area contributed by atoms with Crippen LogP contribution >= 0.6 is 0 Å². The molecule has 0 aromatic carbocycles. The van der Waals surface area contributed by atoms with Crippen molar-refractivity contribution in [1.82, 2.24) is 29.2 Å². The fourth-order valence-corrected chi connectivity index (χ4v) is 5.87. The Morgan fingerprint density at radius 2 is 1.97 bits per heavy atom. The van der Waals surface area contributed by atoms with Crippen LogP contribution in [0.2, 0.25) is 0 Å². The number of fused-ring (bicyclic) bond motifs is 1. The number of aromatic amines is 1. The number of hydrogen-bond acceptors (Lipinski definition) is 9. The van der Waals surface area contributed by atoms with E-state index < -0.39 is 10.0 Å². The third-order valence-electron chi connectivity index (χ3n) is 6.89. The molecule has 3 aromatic rings. The molecule has 4 N–H and O–H groups in total. The highest BCUT2D eigenvalue weighted by Gasteiger charge is 2.28. The molecule has 0 aliphatic carbocycles. The molecule has 13 heteroatoms. The van der Waals surface area contributed by atoms with E-state index in [2.05, 4.69) is 25.2 Å². The maximum Gasteiger partial charge on any atom is 0.227 e. The number of H-pyrrole nitrogens is 1. The Kier molecular flexibility index (Phi) is 6.75. The minimum Gasteiger partial charge on any atom is -0.370 e. The lowest BCUT2D eigenvalue weighted by Gasteiger charge is -2.33. The Morgan fingerprint density at radius 3 is 2.72 bits per heavy atom. The zero-order chi connectivity index (χ0) is 25.3. The molecule has 3 aromatic heterocycles. The first-order chi connectivity index (χ1) is 17.3. The second-order valence-corrected chi connectivity index (χ2v) is 11.6. The number of aromatic nitrogens is 5. The number of hydrogen-bond donors (Lipinski definition) is 3. The summed E-state index contributed by atoms with van der Waals surface area (Å²) in [7, 11) is -3.28. The van der Waals surface area contributed by atoms with Gasteiger partial charge in [-0.05, 0) is 37.7 Å². The molecule has 12 nitrogen and oxygen atoms in total. The normalized spacial score (nSPS) is 20.0. The van der Waals surface area contributed by atoms with Crippen LogP contribution in [0, 0.1) is 5.92 Å². The number of nitrogens with two attached hydrogens (primary N) is 1. The molecule has 2 aliphatic rings. The second kappa shape index (κ2) is 9.97. The quantitative estimate of drug-likeness (QED) is 0.423. The summed E-state index contributed by atoms with van der Waals surface area (Å²) in [5.74, 6) is 1.20. The molecule has 2 fully saturated rings. The van der Waals surface area contributed by atoms with Gasteiger partial charge in [0.05, 0.1) is 23.7 Å². The predicted octanol–water partition coefficient (Wildman–Crippen LogP) is 1.34. The number of piperidine rings is 2. The van der Waals surface area contributed by atoms with E-state index in [4.69, 9.17) is 15.7 Å². The molecule has 2 saturated heterocycles. The smallest absolute Gasteiger partial charge is 0.227 e. The first-order valence-corrected chi connectivity index (χ1v) is 14.0. The van der Waals surface area contributed by atoms with Gasteiger partial charge in [-0.1, -0.05) is 0 Å². The molecular formula is C23H31N9O3S. The lowest BCUT2D eigenvalue weighted by molar-refractivity contribution is -0.119. The Bertz CT molecular complexity index is 1350. The van der Waals surface area contributed by atoms with Gasteiger partial charge in [-0.3, -0.25) is 4.79 Å². The molecule has 5 rings (SSSR count). The van der Waals surface area contributed by atoms with Crippen LogP contribution in [0.15, 0.2) is 24.7 Å². The standard InChI is InChI=1S/C23H31N9O3S/c1-36(34,35)32-8-2-3-16(14-32)28-21-17(19-13-26-22-18(29-19)4-7-25-22)12-27-23(30-21)31-9-5-15(6-10-31)11-20(24)33/h4,7,12-13,15-16H,2-3,5-6,8-11,14H2,1H3,(H2,24,33)(H,25,26)(H,27,28,30)/t16-/m0/s1. The van der Waals surface area contributed by atoms with Crippen molar-refractivity contribution in [3.05, 3.63) is 24.7 Å². The highest BCUT2D eigenvalue weighted by atomic mass is 32.2. The number of rotatable bonds is 7. The fraction of sp³-hybridized carbons (Fsp3) is 0.522. The van der Waals surface area contributed by atoms with Gasteiger partial charge in [-0.25, -0.2) is 27.7 Å². The molecule has 1 atom stereocenters. The van der Waals surface area contributed by atoms with Crippen molar-refractivity contribution >= 4 is 38.9 Å². The van der Waals surface area contributed by atoms with Crippen LogP contribution in [0.4, 0.5) is 11.8 Å². The molecule has 0 bridgehead atoms. The zero-order valence-electron chi connectivity index (χ0n) is 20.2. The van der Waals surface area contributed by atoms with Crippen LogP contribution < -0.4 is 16.0 Å². The van der Waals surface area contributed by atoms with Gasteiger partial charge in [0.1, 0.15) is 11.3 Å². The monoisotopic (exact) mass is 513 g/mol. The number of nitrogens with one attached hydrogen (secondary N) is 2. The van der Waals surface area contributed by atoms with E-state index in [1.807, 2.05) is 6.07 Å². The maximum atomic E-state index is 12.1. The summed E-state index contributed by atoms with van der Waals surface area (Å²) < 4.78 is 25.8. The Labute approximate surface area is 209 Å². The van der Waals surface area contributed by atoms with Crippen molar-refractivity contribution in [1.29, 1.82) is 0 Å². The largest absolute Gasteiger partial charge is 0.370 e. The topological polar surface area (TPSA) is 163 Å². The summed E-state index contributed by atoms with van der Waals surface area (Å²) in [5.41, 5.74) is 8.14. The lowest BCUT2D eigenvalue weighted by atomic mass is 9.93. The zero-order valence-corrected chi connectivity index (χ0v) is 21.0. The SMILES string of the molecule is CS(=O)(=O)N1CCC[C@H](Nc2nc(N3CCC(CC(N)=O)CC3)ncc2-c2cnc3[nH]ccc3n2)C1. The Morgan fingerprint density at radius 1 is 1.17 bits per heavy atom. The Balaban J connectivity index is 1.43. The molecule has 0 unspecified atom stereocenters. The van der Waals surface area contributed by atoms with Gasteiger partial charge in [-0.15, -0.1) is 0 Å². The second-order valence-electron chi connectivity index (χ2n) is 9.60. The van der Waals surface area contributed by atoms with Gasteiger partial charge in [0.2, 0.25) is 21.9 Å². The van der Waals surface area contributed by atoms with E-state index in [9.17, 15) is 13.2 Å². The predicted molar refractivity (Wildman–Crippen MR) is 137 cm³/mol. The van der Waals surface area contributed by atoms with E-state index >= 15 is 0 Å². The number of primary amides is 1. The van der Waals surface area contributed by atoms with Crippen LogP contribution in [0.5, 0.6) is 0 Å². The van der Waals surface area contributed by atoms with Gasteiger partial charge >= 0.3 is 0 Å². The summed E-state index contributed by atoms with van der Waals surface area (Å²) >= 11 is 0. The molecule has 5 heterocycles. The van der Waals surface area contributed by atoms with Crippen LogP contribution in [0.3, 0.4) is 0 Å². The first-order valence-electron chi connectivity index (χ1n) is 12.2. The number of amides is 1. The molecular weight excluding hydrogens is 482 g/mol. The van der Waals surface area contributed by atoms with E-state index in [-0.39, 0.29) is 17.9 Å². The minimum atomic E-state index is -3.28. The number of anilines is 2. The lowest BCUT2D eigenvalue weighted by Crippen LogP contribution is -2.44. The van der Waals surface area contributed by atoms with E-state index in [0.717, 1.165) is 44.3 Å². The molecule has 1 amide bonds. The van der Waals surface area contributed by atoms with Gasteiger partial charge in [0.15, 0.2) is 5.65 Å². The van der Waals surface area contributed by atoms with Crippen molar-refractivity contribution in [2.75, 3.05) is 42.7 Å². The Hall–Kier alpha value is -3.32. The van der Waals surface area contributed by atoms with Crippen LogP contribution in [-0.2, 0) is 14.8 Å². The highest BCUT2D eigenvalue weighted by molar-refractivity contribution is 7.88. The van der Waals surface area contributed by atoms with Crippen molar-refractivity contribution in [3.63, 3.8) is 0 Å². The summed E-state index contributed by atoms with van der Waals surface area (Å²) in [4.78, 5) is 35.1. The minimum absolute atomic E-state index is 0.0970.